The number of hydrogen-bond donors (Lipinski definition) is 0. The molecule has 1 atom stereocenters. The smallest absolute Gasteiger partial charge is 0.339 e. The van der Waals surface area contributed by atoms with E-state index in [9.17, 15) is 4.79 Å². The largest absolute Gasteiger partial charge is 0.464 e. The lowest BCUT2D eigenvalue weighted by Crippen LogP contribution is -2.51. The van der Waals surface area contributed by atoms with Gasteiger partial charge in [-0.25, -0.2) is 14.8 Å². The number of carbonyl (C=O) groups is 1. The predicted molar refractivity (Wildman–Crippen MR) is 191 cm³/mol. The second kappa shape index (κ2) is 13.1. The summed E-state index contributed by atoms with van der Waals surface area (Å²) in [5.41, 5.74) is 6.67. The second-order valence-corrected chi connectivity index (χ2v) is 15.3. The van der Waals surface area contributed by atoms with Crippen LogP contribution in [0.1, 0.15) is 69.4 Å². The number of fused-ring (bicyclic) bond motifs is 2. The molecule has 0 spiro atoms. The molecule has 5 heterocycles. The lowest BCUT2D eigenvalue weighted by Gasteiger charge is -2.41. The molecule has 2 saturated heterocycles. The Bertz CT molecular complexity index is 1970. The number of hydrogen-bond acceptors (Lipinski definition) is 9. The Kier molecular flexibility index (Phi) is 9.06. The van der Waals surface area contributed by atoms with Crippen LogP contribution in [0, 0.1) is 6.92 Å². The third kappa shape index (κ3) is 6.36. The van der Waals surface area contributed by atoms with Crippen LogP contribution in [0.3, 0.4) is 0 Å². The fraction of sp³-hybridized carbons (Fsp3) is 0.459. The van der Waals surface area contributed by atoms with Crippen LogP contribution in [0.15, 0.2) is 42.6 Å². The molecule has 3 aromatic heterocycles. The van der Waals surface area contributed by atoms with Gasteiger partial charge >= 0.3 is 5.97 Å². The van der Waals surface area contributed by atoms with Gasteiger partial charge < -0.3 is 14.2 Å². The molecule has 0 radical (unpaired) electrons. The molecule has 0 unspecified atom stereocenters. The van der Waals surface area contributed by atoms with E-state index in [1.54, 1.807) is 11.3 Å². The van der Waals surface area contributed by atoms with Crippen molar-refractivity contribution in [2.24, 2.45) is 7.05 Å². The van der Waals surface area contributed by atoms with E-state index in [1.807, 2.05) is 82.9 Å². The van der Waals surface area contributed by atoms with E-state index in [0.29, 0.717) is 17.0 Å². The lowest BCUT2D eigenvalue weighted by atomic mass is 9.91. The summed E-state index contributed by atoms with van der Waals surface area (Å²) < 4.78 is 20.3. The molecule has 9 nitrogen and oxygen atoms in total. The number of nitrogens with zero attached hydrogens (tertiary/aromatic N) is 5. The lowest BCUT2D eigenvalue weighted by molar-refractivity contribution is -0.166. The third-order valence-corrected chi connectivity index (χ3v) is 10.7. The predicted octanol–water partition coefficient (Wildman–Crippen LogP) is 7.87. The summed E-state index contributed by atoms with van der Waals surface area (Å²) in [5, 5.41) is 7.55. The minimum absolute atomic E-state index is 0.255. The third-order valence-electron chi connectivity index (χ3n) is 9.30. The number of thiazole rings is 1. The van der Waals surface area contributed by atoms with Crippen LogP contribution >= 0.6 is 22.9 Å². The number of aromatic nitrogens is 4. The maximum Gasteiger partial charge on any atom is 0.339 e. The van der Waals surface area contributed by atoms with Gasteiger partial charge in [-0.05, 0) is 95.9 Å². The zero-order valence-electron chi connectivity index (χ0n) is 28.4. The van der Waals surface area contributed by atoms with Crippen molar-refractivity contribution in [2.75, 3.05) is 32.9 Å². The van der Waals surface area contributed by atoms with Crippen LogP contribution < -0.4 is 0 Å². The van der Waals surface area contributed by atoms with Gasteiger partial charge in [0.05, 0.1) is 47.4 Å². The molecule has 5 aromatic rings. The average molecular weight is 688 g/mol. The highest BCUT2D eigenvalue weighted by Gasteiger charge is 2.34. The number of carbonyl (C=O) groups excluding carboxylic acids is 1. The second-order valence-electron chi connectivity index (χ2n) is 13.8. The highest BCUT2D eigenvalue weighted by atomic mass is 35.5. The Balaban J connectivity index is 1.33. The molecule has 0 amide bonds. The maximum atomic E-state index is 13.5. The first kappa shape index (κ1) is 33.1. The number of benzene rings is 2. The van der Waals surface area contributed by atoms with Gasteiger partial charge in [0.1, 0.15) is 5.01 Å². The zero-order valence-corrected chi connectivity index (χ0v) is 30.0. The van der Waals surface area contributed by atoms with Crippen LogP contribution in [0.25, 0.3) is 42.9 Å². The Hall–Kier alpha value is -3.41. The Morgan fingerprint density at radius 3 is 2.50 bits per heavy atom. The highest BCUT2D eigenvalue weighted by molar-refractivity contribution is 7.22. The number of aryl methyl sites for hydroxylation is 2. The number of esters is 1. The van der Waals surface area contributed by atoms with Crippen molar-refractivity contribution in [1.82, 2.24) is 24.6 Å². The van der Waals surface area contributed by atoms with E-state index in [1.165, 1.54) is 0 Å². The molecule has 11 heteroatoms. The van der Waals surface area contributed by atoms with Gasteiger partial charge in [0.15, 0.2) is 11.8 Å². The number of halogens is 1. The summed E-state index contributed by atoms with van der Waals surface area (Å²) in [4.78, 5) is 26.1. The van der Waals surface area contributed by atoms with Crippen molar-refractivity contribution in [3.05, 3.63) is 64.4 Å². The van der Waals surface area contributed by atoms with Crippen molar-refractivity contribution in [3.8, 4) is 21.7 Å². The van der Waals surface area contributed by atoms with Gasteiger partial charge in [-0.15, -0.1) is 11.3 Å². The molecular weight excluding hydrogens is 646 g/mol. The van der Waals surface area contributed by atoms with Crippen LogP contribution in [0.4, 0.5) is 0 Å². The van der Waals surface area contributed by atoms with Gasteiger partial charge in [-0.1, -0.05) is 23.7 Å². The SMILES string of the molecule is CCOC(=O)[C@@H](OC(C)(C)C)c1c(C)cc2nc(-c3cnc4c(c3)c(C3CCN(C5COC5)CC3)nn4C)sc2c1-c1ccc(Cl)cc1. The molecule has 0 N–H and O–H groups in total. The minimum atomic E-state index is -0.926. The van der Waals surface area contributed by atoms with Crippen molar-refractivity contribution in [2.45, 2.75) is 71.1 Å². The molecule has 2 aliphatic rings. The molecule has 48 heavy (non-hydrogen) atoms. The summed E-state index contributed by atoms with van der Waals surface area (Å²) >= 11 is 7.92. The monoisotopic (exact) mass is 687 g/mol. The topological polar surface area (TPSA) is 91.6 Å². The molecule has 0 aliphatic carbocycles. The van der Waals surface area contributed by atoms with Crippen molar-refractivity contribution < 1.29 is 19.0 Å². The van der Waals surface area contributed by atoms with E-state index in [-0.39, 0.29) is 6.61 Å². The molecule has 0 saturated carbocycles. The Morgan fingerprint density at radius 2 is 1.85 bits per heavy atom. The number of pyridine rings is 1. The van der Waals surface area contributed by atoms with Crippen molar-refractivity contribution in [3.63, 3.8) is 0 Å². The van der Waals surface area contributed by atoms with Crippen LogP contribution in [0.2, 0.25) is 5.02 Å². The van der Waals surface area contributed by atoms with Gasteiger partial charge in [-0.3, -0.25) is 9.58 Å². The zero-order chi connectivity index (χ0) is 33.7. The molecule has 252 valence electrons. The minimum Gasteiger partial charge on any atom is -0.464 e. The average Bonchev–Trinajstić information content (AvgIpc) is 3.59. The van der Waals surface area contributed by atoms with Gasteiger partial charge in [0.25, 0.3) is 0 Å². The Morgan fingerprint density at radius 1 is 1.12 bits per heavy atom. The van der Waals surface area contributed by atoms with Crippen molar-refractivity contribution >= 4 is 50.2 Å². The van der Waals surface area contributed by atoms with Crippen LogP contribution in [-0.4, -0.2) is 75.2 Å². The molecule has 7 rings (SSSR count). The molecule has 2 fully saturated rings. The van der Waals surface area contributed by atoms with E-state index < -0.39 is 17.7 Å². The van der Waals surface area contributed by atoms with E-state index in [0.717, 1.165) is 98.9 Å². The molecular formula is C37H42ClN5O4S. The number of rotatable bonds is 8. The van der Waals surface area contributed by atoms with Crippen LogP contribution in [-0.2, 0) is 26.1 Å². The Labute approximate surface area is 290 Å². The summed E-state index contributed by atoms with van der Waals surface area (Å²) in [6.07, 6.45) is 3.10. The van der Waals surface area contributed by atoms with E-state index in [4.69, 9.17) is 40.9 Å². The standard InChI is InChI=1S/C37H42ClN5O4S/c1-7-46-36(44)32(47-37(3,4)5)29-21(2)16-28-33(30(29)22-8-10-25(38)11-9-22)48-35(40-28)24-17-27-31(41-42(6)34(27)39-18-24)23-12-14-43(15-13-23)26-19-45-20-26/h8-11,16-18,23,26,32H,7,12-15,19-20H2,1-6H3/t32-/m0/s1. The quantitative estimate of drug-likeness (QED) is 0.152. The summed E-state index contributed by atoms with van der Waals surface area (Å²) in [5.74, 6) is -0.0388. The van der Waals surface area contributed by atoms with E-state index in [2.05, 4.69) is 11.0 Å². The molecule has 2 aromatic carbocycles. The van der Waals surface area contributed by atoms with Crippen LogP contribution in [0.5, 0.6) is 0 Å². The number of ether oxygens (including phenoxy) is 3. The first-order valence-electron chi connectivity index (χ1n) is 16.7. The summed E-state index contributed by atoms with van der Waals surface area (Å²) in [6, 6.07) is 12.5. The van der Waals surface area contributed by atoms with E-state index >= 15 is 0 Å². The normalized spacial score (nSPS) is 17.2. The van der Waals surface area contributed by atoms with Gasteiger partial charge in [0.2, 0.25) is 0 Å². The molecule has 0 bridgehead atoms. The van der Waals surface area contributed by atoms with Crippen molar-refractivity contribution in [1.29, 1.82) is 0 Å². The van der Waals surface area contributed by atoms with Gasteiger partial charge in [-0.2, -0.15) is 5.10 Å². The fourth-order valence-electron chi connectivity index (χ4n) is 6.93. The number of piperidine rings is 1. The fourth-order valence-corrected chi connectivity index (χ4v) is 8.16. The summed E-state index contributed by atoms with van der Waals surface area (Å²) in [7, 11) is 1.97. The maximum absolute atomic E-state index is 13.5. The highest BCUT2D eigenvalue weighted by Crippen LogP contribution is 2.45. The summed E-state index contributed by atoms with van der Waals surface area (Å²) in [6.45, 7) is 13.7. The first-order valence-corrected chi connectivity index (χ1v) is 17.9. The molecule has 2 aliphatic heterocycles. The number of likely N-dealkylation sites (tertiary alicyclic amines) is 1. The first-order chi connectivity index (χ1) is 23.0. The van der Waals surface area contributed by atoms with Gasteiger partial charge in [0, 0.05) is 46.3 Å².